The van der Waals surface area contributed by atoms with Gasteiger partial charge in [-0.15, -0.1) is 0 Å². The van der Waals surface area contributed by atoms with Crippen molar-refractivity contribution < 1.29 is 9.21 Å². The third-order valence-corrected chi connectivity index (χ3v) is 2.53. The molecule has 0 bridgehead atoms. The van der Waals surface area contributed by atoms with Crippen LogP contribution in [0.5, 0.6) is 0 Å². The van der Waals surface area contributed by atoms with Crippen LogP contribution in [0.15, 0.2) is 47.3 Å². The molecule has 0 radical (unpaired) electrons. The number of nitrogens with one attached hydrogen (secondary N) is 1. The first-order valence-corrected chi connectivity index (χ1v) is 5.74. The van der Waals surface area contributed by atoms with Crippen LogP contribution in [0.2, 0.25) is 0 Å². The smallest absolute Gasteiger partial charge is 0.220 e. The first-order valence-electron chi connectivity index (χ1n) is 5.74. The van der Waals surface area contributed by atoms with Crippen molar-refractivity contribution in [1.82, 2.24) is 9.88 Å². The highest BCUT2D eigenvalue weighted by Crippen LogP contribution is 2.00. The third-order valence-electron chi connectivity index (χ3n) is 2.53. The van der Waals surface area contributed by atoms with Gasteiger partial charge in [-0.05, 0) is 30.7 Å². The van der Waals surface area contributed by atoms with E-state index in [-0.39, 0.29) is 5.91 Å². The van der Waals surface area contributed by atoms with E-state index in [1.165, 1.54) is 0 Å². The van der Waals surface area contributed by atoms with Crippen molar-refractivity contribution in [2.75, 3.05) is 0 Å². The molecular formula is C13H16N2O2. The van der Waals surface area contributed by atoms with Crippen LogP contribution in [0.1, 0.15) is 18.6 Å². The van der Waals surface area contributed by atoms with Crippen LogP contribution in [-0.2, 0) is 17.9 Å². The van der Waals surface area contributed by atoms with Gasteiger partial charge in [0, 0.05) is 25.4 Å². The monoisotopic (exact) mass is 232 g/mol. The average molecular weight is 232 g/mol. The molecule has 2 aromatic heterocycles. The molecule has 1 N–H and O–H groups in total. The van der Waals surface area contributed by atoms with Crippen molar-refractivity contribution in [3.63, 3.8) is 0 Å². The van der Waals surface area contributed by atoms with E-state index in [2.05, 4.69) is 9.88 Å². The number of hydrogen-bond acceptors (Lipinski definition) is 2. The first-order chi connectivity index (χ1) is 8.34. The number of hydrogen-bond donors (Lipinski definition) is 1. The van der Waals surface area contributed by atoms with E-state index >= 15 is 0 Å². The van der Waals surface area contributed by atoms with Crippen molar-refractivity contribution >= 4 is 5.91 Å². The van der Waals surface area contributed by atoms with Crippen molar-refractivity contribution in [3.8, 4) is 0 Å². The maximum Gasteiger partial charge on any atom is 0.220 e. The summed E-state index contributed by atoms with van der Waals surface area (Å²) in [4.78, 5) is 11.5. The molecule has 90 valence electrons. The second kappa shape index (κ2) is 5.94. The predicted molar refractivity (Wildman–Crippen MR) is 64.2 cm³/mol. The van der Waals surface area contributed by atoms with E-state index in [4.69, 9.17) is 4.42 Å². The van der Waals surface area contributed by atoms with Crippen molar-refractivity contribution in [2.45, 2.75) is 25.9 Å². The summed E-state index contributed by atoms with van der Waals surface area (Å²) in [6, 6.07) is 7.63. The van der Waals surface area contributed by atoms with Crippen LogP contribution >= 0.6 is 0 Å². The number of nitrogens with zero attached hydrogens (tertiary/aromatic N) is 1. The van der Waals surface area contributed by atoms with Gasteiger partial charge in [-0.1, -0.05) is 0 Å². The summed E-state index contributed by atoms with van der Waals surface area (Å²) in [5.41, 5.74) is 0. The Morgan fingerprint density at radius 1 is 1.29 bits per heavy atom. The number of carbonyl (C=O) groups is 1. The van der Waals surface area contributed by atoms with Crippen molar-refractivity contribution in [3.05, 3.63) is 48.7 Å². The number of amides is 1. The Labute approximate surface area is 100 Å². The molecule has 0 aromatic carbocycles. The summed E-state index contributed by atoms with van der Waals surface area (Å²) in [5, 5.41) is 2.82. The normalized spacial score (nSPS) is 10.4. The summed E-state index contributed by atoms with van der Waals surface area (Å²) in [6.07, 6.45) is 6.99. The summed E-state index contributed by atoms with van der Waals surface area (Å²) < 4.78 is 7.20. The second-order valence-electron chi connectivity index (χ2n) is 3.88. The predicted octanol–water partition coefficient (Wildman–Crippen LogP) is 2.18. The molecule has 0 saturated heterocycles. The zero-order chi connectivity index (χ0) is 11.9. The Hall–Kier alpha value is -1.97. The van der Waals surface area contributed by atoms with Gasteiger partial charge in [0.2, 0.25) is 5.91 Å². The highest BCUT2D eigenvalue weighted by Gasteiger charge is 2.02. The van der Waals surface area contributed by atoms with E-state index in [1.54, 1.807) is 6.26 Å². The van der Waals surface area contributed by atoms with E-state index in [9.17, 15) is 4.79 Å². The molecule has 0 fully saturated rings. The number of rotatable bonds is 6. The molecule has 2 heterocycles. The minimum absolute atomic E-state index is 0.0635. The average Bonchev–Trinajstić information content (AvgIpc) is 2.99. The Balaban J connectivity index is 1.61. The third kappa shape index (κ3) is 3.83. The number of aromatic nitrogens is 1. The SMILES string of the molecule is O=C(CCCn1cccc1)NCc1ccco1. The summed E-state index contributed by atoms with van der Waals surface area (Å²) in [5.74, 6) is 0.845. The zero-order valence-corrected chi connectivity index (χ0v) is 9.63. The van der Waals surface area contributed by atoms with Gasteiger partial charge < -0.3 is 14.3 Å². The Bertz CT molecular complexity index is 432. The molecule has 4 heteroatoms. The van der Waals surface area contributed by atoms with E-state index in [0.29, 0.717) is 13.0 Å². The lowest BCUT2D eigenvalue weighted by Crippen LogP contribution is -2.22. The van der Waals surface area contributed by atoms with E-state index < -0.39 is 0 Å². The highest BCUT2D eigenvalue weighted by molar-refractivity contribution is 5.75. The minimum Gasteiger partial charge on any atom is -0.467 e. The molecule has 0 unspecified atom stereocenters. The van der Waals surface area contributed by atoms with Crippen LogP contribution in [0.3, 0.4) is 0 Å². The van der Waals surface area contributed by atoms with Gasteiger partial charge in [-0.25, -0.2) is 0 Å². The highest BCUT2D eigenvalue weighted by atomic mass is 16.3. The fourth-order valence-corrected chi connectivity index (χ4v) is 1.63. The lowest BCUT2D eigenvalue weighted by atomic mass is 10.3. The fourth-order valence-electron chi connectivity index (χ4n) is 1.63. The van der Waals surface area contributed by atoms with Crippen LogP contribution in [0, 0.1) is 0 Å². The molecule has 0 spiro atoms. The molecule has 2 aromatic rings. The summed E-state index contributed by atoms with van der Waals surface area (Å²) in [7, 11) is 0. The van der Waals surface area contributed by atoms with Gasteiger partial charge in [0.1, 0.15) is 5.76 Å². The maximum absolute atomic E-state index is 11.5. The van der Waals surface area contributed by atoms with Crippen LogP contribution < -0.4 is 5.32 Å². The van der Waals surface area contributed by atoms with Crippen LogP contribution in [0.25, 0.3) is 0 Å². The lowest BCUT2D eigenvalue weighted by molar-refractivity contribution is -0.121. The standard InChI is InChI=1S/C13H16N2O2/c16-13(14-11-12-5-4-10-17-12)6-3-9-15-7-1-2-8-15/h1-2,4-5,7-8,10H,3,6,9,11H2,(H,14,16). The molecule has 4 nitrogen and oxygen atoms in total. The van der Waals surface area contributed by atoms with Crippen molar-refractivity contribution in [1.29, 1.82) is 0 Å². The quantitative estimate of drug-likeness (QED) is 0.829. The zero-order valence-electron chi connectivity index (χ0n) is 9.63. The summed E-state index contributed by atoms with van der Waals surface area (Å²) >= 11 is 0. The number of carbonyl (C=O) groups excluding carboxylic acids is 1. The van der Waals surface area contributed by atoms with Gasteiger partial charge in [0.15, 0.2) is 0 Å². The van der Waals surface area contributed by atoms with Gasteiger partial charge in [-0.3, -0.25) is 4.79 Å². The molecule has 0 aliphatic heterocycles. The van der Waals surface area contributed by atoms with Gasteiger partial charge >= 0.3 is 0 Å². The topological polar surface area (TPSA) is 47.2 Å². The Morgan fingerprint density at radius 2 is 2.12 bits per heavy atom. The molecule has 0 atom stereocenters. The van der Waals surface area contributed by atoms with Gasteiger partial charge in [-0.2, -0.15) is 0 Å². The number of furan rings is 1. The molecule has 17 heavy (non-hydrogen) atoms. The van der Waals surface area contributed by atoms with Crippen LogP contribution in [0.4, 0.5) is 0 Å². The maximum atomic E-state index is 11.5. The largest absolute Gasteiger partial charge is 0.467 e. The molecular weight excluding hydrogens is 216 g/mol. The molecule has 0 aliphatic carbocycles. The van der Waals surface area contributed by atoms with E-state index in [1.807, 2.05) is 36.7 Å². The second-order valence-corrected chi connectivity index (χ2v) is 3.88. The van der Waals surface area contributed by atoms with E-state index in [0.717, 1.165) is 18.7 Å². The number of aryl methyl sites for hydroxylation is 1. The fraction of sp³-hybridized carbons (Fsp3) is 0.308. The molecule has 0 aliphatic rings. The first kappa shape index (κ1) is 11.5. The molecule has 1 amide bonds. The van der Waals surface area contributed by atoms with Gasteiger partial charge in [0.05, 0.1) is 12.8 Å². The Morgan fingerprint density at radius 3 is 2.82 bits per heavy atom. The van der Waals surface area contributed by atoms with Gasteiger partial charge in [0.25, 0.3) is 0 Å². The van der Waals surface area contributed by atoms with Crippen molar-refractivity contribution in [2.24, 2.45) is 0 Å². The van der Waals surface area contributed by atoms with Crippen LogP contribution in [-0.4, -0.2) is 10.5 Å². The lowest BCUT2D eigenvalue weighted by Gasteiger charge is -2.04. The molecule has 2 rings (SSSR count). The minimum atomic E-state index is 0.0635. The summed E-state index contributed by atoms with van der Waals surface area (Å²) in [6.45, 7) is 1.34. The molecule has 0 saturated carbocycles. The Kier molecular flexibility index (Phi) is 4.02.